The predicted octanol–water partition coefficient (Wildman–Crippen LogP) is 4.78. The number of aliphatic hydroxyl groups is 1. The van der Waals surface area contributed by atoms with Gasteiger partial charge in [0.05, 0.1) is 12.2 Å². The maximum Gasteiger partial charge on any atom is 0.328 e. The second-order valence-corrected chi connectivity index (χ2v) is 7.11. The van der Waals surface area contributed by atoms with E-state index < -0.39 is 23.6 Å². The number of halogens is 2. The van der Waals surface area contributed by atoms with E-state index in [1.54, 1.807) is 20.8 Å². The fourth-order valence-electron chi connectivity index (χ4n) is 2.11. The van der Waals surface area contributed by atoms with Crippen molar-refractivity contribution in [1.82, 2.24) is 0 Å². The highest BCUT2D eigenvalue weighted by Gasteiger charge is 2.30. The van der Waals surface area contributed by atoms with Gasteiger partial charge < -0.3 is 9.84 Å². The van der Waals surface area contributed by atoms with E-state index in [0.29, 0.717) is 12.0 Å². The first-order chi connectivity index (χ1) is 10.6. The number of benzene rings is 1. The fraction of sp³-hybridized carbons (Fsp3) is 0.529. The van der Waals surface area contributed by atoms with Crippen LogP contribution in [0.2, 0.25) is 10.0 Å². The first-order valence-corrected chi connectivity index (χ1v) is 8.15. The van der Waals surface area contributed by atoms with E-state index in [1.165, 1.54) is 12.1 Å². The van der Waals surface area contributed by atoms with E-state index in [0.717, 1.165) is 6.42 Å². The highest BCUT2D eigenvalue weighted by molar-refractivity contribution is 6.36. The smallest absolute Gasteiger partial charge is 0.328 e. The standard InChI is InChI=1S/C17H21Cl2NO3/c1-5-6-14(21)10-7-12(18)15(13(19)8-10)11(9-20)16(22)23-17(2,3)4/h7-8,11,14,21H,5-6H2,1-4H3. The highest BCUT2D eigenvalue weighted by Crippen LogP contribution is 2.36. The minimum atomic E-state index is -1.22. The van der Waals surface area contributed by atoms with E-state index in [2.05, 4.69) is 0 Å². The first kappa shape index (κ1) is 19.8. The first-order valence-electron chi connectivity index (χ1n) is 7.40. The van der Waals surface area contributed by atoms with Crippen LogP contribution in [0.4, 0.5) is 0 Å². The van der Waals surface area contributed by atoms with Crippen molar-refractivity contribution < 1.29 is 14.6 Å². The lowest BCUT2D eigenvalue weighted by molar-refractivity contribution is -0.155. The van der Waals surface area contributed by atoms with E-state index in [4.69, 9.17) is 27.9 Å². The Kier molecular flexibility index (Phi) is 6.88. The summed E-state index contributed by atoms with van der Waals surface area (Å²) in [5.41, 5.74) is 0.0478. The van der Waals surface area contributed by atoms with Crippen LogP contribution in [0, 0.1) is 11.3 Å². The van der Waals surface area contributed by atoms with E-state index in [9.17, 15) is 15.2 Å². The molecule has 0 aliphatic rings. The molecule has 126 valence electrons. The molecule has 0 radical (unpaired) electrons. The molecule has 1 aromatic carbocycles. The van der Waals surface area contributed by atoms with Crippen molar-refractivity contribution in [2.24, 2.45) is 0 Å². The van der Waals surface area contributed by atoms with Gasteiger partial charge in [0.1, 0.15) is 5.60 Å². The summed E-state index contributed by atoms with van der Waals surface area (Å²) in [5.74, 6) is -1.92. The van der Waals surface area contributed by atoms with Crippen molar-refractivity contribution in [3.63, 3.8) is 0 Å². The Morgan fingerprint density at radius 1 is 1.35 bits per heavy atom. The van der Waals surface area contributed by atoms with Crippen molar-refractivity contribution in [3.05, 3.63) is 33.3 Å². The zero-order valence-electron chi connectivity index (χ0n) is 13.7. The molecule has 23 heavy (non-hydrogen) atoms. The number of hydrogen-bond donors (Lipinski definition) is 1. The number of hydrogen-bond acceptors (Lipinski definition) is 4. The Bertz CT molecular complexity index is 594. The van der Waals surface area contributed by atoms with Gasteiger partial charge in [-0.05, 0) is 44.9 Å². The average Bonchev–Trinajstić information content (AvgIpc) is 2.40. The van der Waals surface area contributed by atoms with Crippen LogP contribution in [0.3, 0.4) is 0 Å². The SMILES string of the molecule is CCCC(O)c1cc(Cl)c(C(C#N)C(=O)OC(C)(C)C)c(Cl)c1. The van der Waals surface area contributed by atoms with Crippen LogP contribution in [-0.2, 0) is 9.53 Å². The molecule has 0 saturated carbocycles. The van der Waals surface area contributed by atoms with Crippen LogP contribution in [-0.4, -0.2) is 16.7 Å². The Morgan fingerprint density at radius 3 is 2.26 bits per heavy atom. The Balaban J connectivity index is 3.21. The zero-order chi connectivity index (χ0) is 17.8. The number of rotatable bonds is 5. The molecule has 0 aliphatic carbocycles. The summed E-state index contributed by atoms with van der Waals surface area (Å²) in [6, 6.07) is 4.97. The van der Waals surface area contributed by atoms with Crippen molar-refractivity contribution in [1.29, 1.82) is 5.26 Å². The zero-order valence-corrected chi connectivity index (χ0v) is 15.2. The van der Waals surface area contributed by atoms with Crippen molar-refractivity contribution in [2.75, 3.05) is 0 Å². The highest BCUT2D eigenvalue weighted by atomic mass is 35.5. The number of ether oxygens (including phenoxy) is 1. The maximum absolute atomic E-state index is 12.2. The number of carbonyl (C=O) groups excluding carboxylic acids is 1. The van der Waals surface area contributed by atoms with E-state index in [1.807, 2.05) is 13.0 Å². The van der Waals surface area contributed by atoms with Gasteiger partial charge in [0, 0.05) is 15.6 Å². The molecule has 1 aromatic rings. The molecule has 0 heterocycles. The monoisotopic (exact) mass is 357 g/mol. The summed E-state index contributed by atoms with van der Waals surface area (Å²) in [4.78, 5) is 12.2. The van der Waals surface area contributed by atoms with Crippen LogP contribution in [0.25, 0.3) is 0 Å². The molecule has 0 fully saturated rings. The third-order valence-electron chi connectivity index (χ3n) is 3.11. The van der Waals surface area contributed by atoms with Crippen LogP contribution in [0.1, 0.15) is 63.7 Å². The molecule has 0 bridgehead atoms. The molecule has 0 saturated heterocycles. The van der Waals surface area contributed by atoms with Crippen LogP contribution in [0.15, 0.2) is 12.1 Å². The van der Waals surface area contributed by atoms with Crippen LogP contribution in [0.5, 0.6) is 0 Å². The second kappa shape index (κ2) is 8.01. The molecular weight excluding hydrogens is 337 g/mol. The molecule has 0 aliphatic heterocycles. The molecule has 0 amide bonds. The largest absolute Gasteiger partial charge is 0.459 e. The summed E-state index contributed by atoms with van der Waals surface area (Å²) in [5, 5.41) is 19.7. The van der Waals surface area contributed by atoms with Gasteiger partial charge in [0.2, 0.25) is 0 Å². The molecule has 0 aromatic heterocycles. The number of nitriles is 1. The van der Waals surface area contributed by atoms with Gasteiger partial charge in [-0.3, -0.25) is 4.79 Å². The van der Waals surface area contributed by atoms with Gasteiger partial charge in [0.15, 0.2) is 5.92 Å². The van der Waals surface area contributed by atoms with Gasteiger partial charge in [-0.15, -0.1) is 0 Å². The van der Waals surface area contributed by atoms with Crippen molar-refractivity contribution >= 4 is 29.2 Å². The third kappa shape index (κ3) is 5.39. The lowest BCUT2D eigenvalue weighted by atomic mass is 9.96. The number of esters is 1. The predicted molar refractivity (Wildman–Crippen MR) is 90.5 cm³/mol. The van der Waals surface area contributed by atoms with Gasteiger partial charge in [-0.25, -0.2) is 0 Å². The topological polar surface area (TPSA) is 70.3 Å². The summed E-state index contributed by atoms with van der Waals surface area (Å²) in [7, 11) is 0. The fourth-order valence-corrected chi connectivity index (χ4v) is 2.83. The number of carbonyl (C=O) groups is 1. The van der Waals surface area contributed by atoms with E-state index in [-0.39, 0.29) is 15.6 Å². The Morgan fingerprint density at radius 2 is 1.87 bits per heavy atom. The number of aliphatic hydroxyl groups excluding tert-OH is 1. The minimum absolute atomic E-state index is 0.167. The normalized spacial score (nSPS) is 14.0. The molecule has 4 nitrogen and oxygen atoms in total. The molecule has 1 N–H and O–H groups in total. The van der Waals surface area contributed by atoms with Gasteiger partial charge in [-0.1, -0.05) is 36.5 Å². The second-order valence-electron chi connectivity index (χ2n) is 6.30. The molecule has 2 atom stereocenters. The Labute approximate surface area is 147 Å². The molecule has 0 spiro atoms. The van der Waals surface area contributed by atoms with Gasteiger partial charge in [-0.2, -0.15) is 5.26 Å². The van der Waals surface area contributed by atoms with Gasteiger partial charge >= 0.3 is 5.97 Å². The summed E-state index contributed by atoms with van der Waals surface area (Å²) in [6.45, 7) is 7.10. The molecular formula is C17H21Cl2NO3. The minimum Gasteiger partial charge on any atom is -0.459 e. The molecule has 6 heteroatoms. The van der Waals surface area contributed by atoms with Crippen molar-refractivity contribution in [3.8, 4) is 6.07 Å². The maximum atomic E-state index is 12.2. The summed E-state index contributed by atoms with van der Waals surface area (Å²) >= 11 is 12.4. The lowest BCUT2D eigenvalue weighted by Gasteiger charge is -2.22. The average molecular weight is 358 g/mol. The van der Waals surface area contributed by atoms with Gasteiger partial charge in [0.25, 0.3) is 0 Å². The van der Waals surface area contributed by atoms with Crippen molar-refractivity contribution in [2.45, 2.75) is 58.2 Å². The van der Waals surface area contributed by atoms with E-state index >= 15 is 0 Å². The molecule has 1 rings (SSSR count). The number of nitrogens with zero attached hydrogens (tertiary/aromatic N) is 1. The van der Waals surface area contributed by atoms with Crippen LogP contribution >= 0.6 is 23.2 Å². The molecule has 2 unspecified atom stereocenters. The third-order valence-corrected chi connectivity index (χ3v) is 3.73. The Hall–Kier alpha value is -1.28. The summed E-state index contributed by atoms with van der Waals surface area (Å²) in [6.07, 6.45) is 0.683. The quantitative estimate of drug-likeness (QED) is 0.770. The van der Waals surface area contributed by atoms with Crippen LogP contribution < -0.4 is 0 Å². The lowest BCUT2D eigenvalue weighted by Crippen LogP contribution is -2.27. The summed E-state index contributed by atoms with van der Waals surface area (Å²) < 4.78 is 5.24.